The molecule has 12 rings (SSSR count). The van der Waals surface area contributed by atoms with Crippen molar-refractivity contribution in [2.75, 3.05) is 0 Å². The van der Waals surface area contributed by atoms with Gasteiger partial charge in [0, 0.05) is 49.0 Å². The first-order valence-corrected chi connectivity index (χ1v) is 18.6. The number of hydrogen-bond donors (Lipinski definition) is 0. The molecular weight excluding hydrogens is 673 g/mol. The summed E-state index contributed by atoms with van der Waals surface area (Å²) in [6.45, 7) is 0. The normalized spacial score (nSPS) is 12.0. The molecule has 0 bridgehead atoms. The zero-order valence-electron chi connectivity index (χ0n) is 29.5. The predicted molar refractivity (Wildman–Crippen MR) is 226 cm³/mol. The van der Waals surface area contributed by atoms with Gasteiger partial charge in [-0.2, -0.15) is 0 Å². The Kier molecular flexibility index (Phi) is 6.27. The van der Waals surface area contributed by atoms with E-state index in [1.54, 1.807) is 0 Å². The number of para-hydroxylation sites is 4. The summed E-state index contributed by atoms with van der Waals surface area (Å²) < 4.78 is 11.0. The molecule has 0 saturated carbocycles. The Hall–Kier alpha value is -7.50. The molecule has 12 aromatic rings. The Balaban J connectivity index is 1.14. The average molecular weight is 703 g/mol. The Morgan fingerprint density at radius 2 is 1.00 bits per heavy atom. The lowest BCUT2D eigenvalue weighted by atomic mass is 10.0. The lowest BCUT2D eigenvalue weighted by Gasteiger charge is -2.12. The molecule has 0 atom stereocenters. The molecule has 0 aliphatic rings. The van der Waals surface area contributed by atoms with Crippen molar-refractivity contribution in [3.05, 3.63) is 182 Å². The average Bonchev–Trinajstić information content (AvgIpc) is 3.91. The van der Waals surface area contributed by atoms with Crippen LogP contribution in [0.3, 0.4) is 0 Å². The third kappa shape index (κ3) is 4.41. The molecular formula is C50H30N4O. The van der Waals surface area contributed by atoms with Crippen molar-refractivity contribution in [3.8, 4) is 34.0 Å². The molecule has 0 N–H and O–H groups in total. The van der Waals surface area contributed by atoms with Gasteiger partial charge < -0.3 is 8.98 Å². The highest BCUT2D eigenvalue weighted by atomic mass is 16.3. The van der Waals surface area contributed by atoms with E-state index in [1.165, 1.54) is 21.9 Å². The van der Waals surface area contributed by atoms with E-state index in [-0.39, 0.29) is 0 Å². The molecule has 55 heavy (non-hydrogen) atoms. The Bertz CT molecular complexity index is 3480. The minimum atomic E-state index is 0.626. The summed E-state index contributed by atoms with van der Waals surface area (Å²) in [6.07, 6.45) is 0. The van der Waals surface area contributed by atoms with Crippen LogP contribution < -0.4 is 0 Å². The molecule has 5 heteroatoms. The number of fused-ring (bicyclic) bond motifs is 11. The summed E-state index contributed by atoms with van der Waals surface area (Å²) in [5.41, 5.74) is 12.4. The zero-order chi connectivity index (χ0) is 36.0. The minimum absolute atomic E-state index is 0.626. The van der Waals surface area contributed by atoms with Gasteiger partial charge in [0.15, 0.2) is 0 Å². The van der Waals surface area contributed by atoms with Crippen LogP contribution in [0.25, 0.3) is 110 Å². The molecule has 0 radical (unpaired) electrons. The maximum atomic E-state index is 6.35. The molecule has 4 aromatic heterocycles. The first-order chi connectivity index (χ1) is 27.3. The van der Waals surface area contributed by atoms with E-state index in [2.05, 4.69) is 173 Å². The number of nitrogens with zero attached hydrogens (tertiary/aromatic N) is 4. The molecule has 0 saturated heterocycles. The molecule has 0 amide bonds. The zero-order valence-corrected chi connectivity index (χ0v) is 29.5. The van der Waals surface area contributed by atoms with Crippen molar-refractivity contribution in [1.82, 2.24) is 19.1 Å². The second-order valence-electron chi connectivity index (χ2n) is 14.2. The van der Waals surface area contributed by atoms with Crippen LogP contribution in [-0.2, 0) is 0 Å². The molecule has 5 nitrogen and oxygen atoms in total. The summed E-state index contributed by atoms with van der Waals surface area (Å²) >= 11 is 0. The van der Waals surface area contributed by atoms with Gasteiger partial charge in [0.05, 0.1) is 33.3 Å². The van der Waals surface area contributed by atoms with Gasteiger partial charge in [-0.05, 0) is 65.7 Å². The minimum Gasteiger partial charge on any atom is -0.456 e. The summed E-state index contributed by atoms with van der Waals surface area (Å²) in [6, 6.07) is 64.2. The first-order valence-electron chi connectivity index (χ1n) is 18.6. The van der Waals surface area contributed by atoms with Crippen molar-refractivity contribution < 1.29 is 4.42 Å². The van der Waals surface area contributed by atoms with Crippen LogP contribution in [0.5, 0.6) is 0 Å². The molecule has 0 aliphatic carbocycles. The van der Waals surface area contributed by atoms with Crippen molar-refractivity contribution in [2.45, 2.75) is 0 Å². The monoisotopic (exact) mass is 702 g/mol. The second kappa shape index (κ2) is 11.5. The van der Waals surface area contributed by atoms with E-state index in [9.17, 15) is 0 Å². The van der Waals surface area contributed by atoms with E-state index in [4.69, 9.17) is 14.4 Å². The van der Waals surface area contributed by atoms with Crippen LogP contribution in [-0.4, -0.2) is 19.1 Å². The van der Waals surface area contributed by atoms with Gasteiger partial charge in [0.1, 0.15) is 11.2 Å². The quantitative estimate of drug-likeness (QED) is 0.183. The lowest BCUT2D eigenvalue weighted by Crippen LogP contribution is -2.03. The fourth-order valence-electron chi connectivity index (χ4n) is 8.69. The van der Waals surface area contributed by atoms with Crippen LogP contribution in [0.15, 0.2) is 186 Å². The third-order valence-electron chi connectivity index (χ3n) is 11.1. The van der Waals surface area contributed by atoms with Crippen LogP contribution in [0.2, 0.25) is 0 Å². The molecule has 256 valence electrons. The number of furan rings is 1. The third-order valence-corrected chi connectivity index (χ3v) is 11.1. The van der Waals surface area contributed by atoms with E-state index in [0.717, 1.165) is 82.6 Å². The summed E-state index contributed by atoms with van der Waals surface area (Å²) in [7, 11) is 0. The van der Waals surface area contributed by atoms with E-state index in [0.29, 0.717) is 5.95 Å². The fraction of sp³-hybridized carbons (Fsp3) is 0. The van der Waals surface area contributed by atoms with Gasteiger partial charge in [-0.25, -0.2) is 9.97 Å². The molecule has 0 aliphatic heterocycles. The van der Waals surface area contributed by atoms with Gasteiger partial charge in [-0.1, -0.05) is 127 Å². The molecule has 0 spiro atoms. The maximum Gasteiger partial charge on any atom is 0.235 e. The van der Waals surface area contributed by atoms with Crippen molar-refractivity contribution in [3.63, 3.8) is 0 Å². The van der Waals surface area contributed by atoms with Crippen molar-refractivity contribution in [2.24, 2.45) is 0 Å². The van der Waals surface area contributed by atoms with E-state index in [1.807, 2.05) is 18.2 Å². The molecule has 8 aromatic carbocycles. The predicted octanol–water partition coefficient (Wildman–Crippen LogP) is 13.1. The number of benzene rings is 8. The van der Waals surface area contributed by atoms with Crippen LogP contribution in [0, 0.1) is 0 Å². The topological polar surface area (TPSA) is 48.8 Å². The highest BCUT2D eigenvalue weighted by molar-refractivity contribution is 6.26. The second-order valence-corrected chi connectivity index (χ2v) is 14.2. The van der Waals surface area contributed by atoms with Gasteiger partial charge in [0.2, 0.25) is 5.95 Å². The van der Waals surface area contributed by atoms with Crippen LogP contribution in [0.4, 0.5) is 0 Å². The summed E-state index contributed by atoms with van der Waals surface area (Å²) in [5.74, 6) is 0.626. The molecule has 0 unspecified atom stereocenters. The largest absolute Gasteiger partial charge is 0.456 e. The summed E-state index contributed by atoms with van der Waals surface area (Å²) in [5, 5.41) is 7.85. The van der Waals surface area contributed by atoms with Gasteiger partial charge >= 0.3 is 0 Å². The first kappa shape index (κ1) is 30.0. The SMILES string of the molecule is c1ccc(-c2ccc(-n3c4ccccc4c4c3ccc3c5ccccc5n(-c5nc(-c6ccc7c(c6)oc6ccccc67)c6ccccc6n5)c34)cc2)cc1. The van der Waals surface area contributed by atoms with Crippen LogP contribution >= 0.6 is 0 Å². The van der Waals surface area contributed by atoms with Gasteiger partial charge in [-0.3, -0.25) is 4.57 Å². The highest BCUT2D eigenvalue weighted by Gasteiger charge is 2.23. The van der Waals surface area contributed by atoms with Gasteiger partial charge in [-0.15, -0.1) is 0 Å². The number of aromatic nitrogens is 4. The van der Waals surface area contributed by atoms with Gasteiger partial charge in [0.25, 0.3) is 0 Å². The number of rotatable bonds is 4. The lowest BCUT2D eigenvalue weighted by molar-refractivity contribution is 0.669. The Morgan fingerprint density at radius 3 is 1.84 bits per heavy atom. The maximum absolute atomic E-state index is 6.35. The standard InChI is InChI=1S/C50H30N4O/c1-2-12-31(13-3-1)32-22-25-34(26-23-32)53-43-20-10-6-17-40(43)47-44(53)29-28-38-35-14-5-9-19-42(35)54(49(38)47)50-51-41-18-8-4-16-39(41)48(52-50)33-24-27-37-36-15-7-11-21-45(36)55-46(37)30-33/h1-30H. The smallest absolute Gasteiger partial charge is 0.235 e. The Labute approximate surface area is 315 Å². The Morgan fingerprint density at radius 1 is 0.382 bits per heavy atom. The molecule has 0 fully saturated rings. The van der Waals surface area contributed by atoms with E-state index >= 15 is 0 Å². The molecule has 4 heterocycles. The number of hydrogen-bond acceptors (Lipinski definition) is 3. The fourth-order valence-corrected chi connectivity index (χ4v) is 8.69. The van der Waals surface area contributed by atoms with Crippen molar-refractivity contribution >= 4 is 76.5 Å². The summed E-state index contributed by atoms with van der Waals surface area (Å²) in [4.78, 5) is 10.8. The highest BCUT2D eigenvalue weighted by Crippen LogP contribution is 2.42. The van der Waals surface area contributed by atoms with E-state index < -0.39 is 0 Å². The van der Waals surface area contributed by atoms with Crippen molar-refractivity contribution in [1.29, 1.82) is 0 Å². The van der Waals surface area contributed by atoms with Crippen LogP contribution in [0.1, 0.15) is 0 Å².